The van der Waals surface area contributed by atoms with Crippen molar-refractivity contribution in [3.8, 4) is 11.5 Å². The van der Waals surface area contributed by atoms with Crippen LogP contribution in [0.3, 0.4) is 0 Å². The Morgan fingerprint density at radius 1 is 1.56 bits per heavy atom. The van der Waals surface area contributed by atoms with E-state index >= 15 is 0 Å². The number of benzene rings is 1. The normalized spacial score (nSPS) is 12.9. The topological polar surface area (TPSA) is 47.6 Å². The minimum absolute atomic E-state index is 0.0137. The number of carbonyl (C=O) groups is 1. The smallest absolute Gasteiger partial charge is 0.231 e. The van der Waals surface area contributed by atoms with Crippen molar-refractivity contribution in [2.24, 2.45) is 0 Å². The van der Waals surface area contributed by atoms with Crippen LogP contribution in [0.25, 0.3) is 0 Å². The molecule has 1 N–H and O–H groups in total. The zero-order valence-electron chi connectivity index (χ0n) is 9.09. The maximum atomic E-state index is 11.8. The van der Waals surface area contributed by atoms with Crippen LogP contribution in [0.2, 0.25) is 5.02 Å². The van der Waals surface area contributed by atoms with E-state index in [9.17, 15) is 4.79 Å². The fourth-order valence-corrected chi connectivity index (χ4v) is 1.89. The molecule has 4 nitrogen and oxygen atoms in total. The van der Waals surface area contributed by atoms with E-state index in [4.69, 9.17) is 21.1 Å². The van der Waals surface area contributed by atoms with Gasteiger partial charge < -0.3 is 14.8 Å². The zero-order valence-corrected chi connectivity index (χ0v) is 9.85. The van der Waals surface area contributed by atoms with Gasteiger partial charge in [-0.2, -0.15) is 0 Å². The number of carbonyl (C=O) groups excluding carboxylic acids is 1. The van der Waals surface area contributed by atoms with Crippen LogP contribution in [0.5, 0.6) is 11.5 Å². The summed E-state index contributed by atoms with van der Waals surface area (Å²) >= 11 is 6.11. The first kappa shape index (κ1) is 11.2. The minimum Gasteiger partial charge on any atom is -0.454 e. The molecule has 0 bridgehead atoms. The summed E-state index contributed by atoms with van der Waals surface area (Å²) in [5.74, 6) is 1.05. The van der Waals surface area contributed by atoms with Gasteiger partial charge in [0.2, 0.25) is 6.79 Å². The highest BCUT2D eigenvalue weighted by Gasteiger charge is 2.23. The average molecular weight is 242 g/mol. The van der Waals surface area contributed by atoms with Crippen LogP contribution < -0.4 is 14.8 Å². The lowest BCUT2D eigenvalue weighted by molar-refractivity contribution is 0.0992. The van der Waals surface area contributed by atoms with Crippen LogP contribution in [0.1, 0.15) is 15.9 Å². The number of ketones is 1. The molecule has 16 heavy (non-hydrogen) atoms. The van der Waals surface area contributed by atoms with Gasteiger partial charge in [-0.25, -0.2) is 0 Å². The number of fused-ring (bicyclic) bond motifs is 1. The van der Waals surface area contributed by atoms with Gasteiger partial charge in [0, 0.05) is 5.56 Å². The molecule has 0 spiro atoms. The van der Waals surface area contributed by atoms with Crippen molar-refractivity contribution < 1.29 is 14.3 Å². The van der Waals surface area contributed by atoms with Crippen LogP contribution in [0.15, 0.2) is 6.07 Å². The van der Waals surface area contributed by atoms with Gasteiger partial charge >= 0.3 is 0 Å². The van der Waals surface area contributed by atoms with Gasteiger partial charge in [-0.3, -0.25) is 4.79 Å². The quantitative estimate of drug-likeness (QED) is 0.820. The first-order valence-corrected chi connectivity index (χ1v) is 5.29. The van der Waals surface area contributed by atoms with Crippen molar-refractivity contribution in [3.05, 3.63) is 22.2 Å². The predicted octanol–water partition coefficient (Wildman–Crippen LogP) is 1.78. The third kappa shape index (κ3) is 1.74. The summed E-state index contributed by atoms with van der Waals surface area (Å²) in [6.45, 7) is 2.22. The van der Waals surface area contributed by atoms with Crippen molar-refractivity contribution in [2.45, 2.75) is 6.92 Å². The van der Waals surface area contributed by atoms with Gasteiger partial charge in [0.15, 0.2) is 17.3 Å². The molecule has 2 rings (SSSR count). The number of nitrogens with one attached hydrogen (secondary N) is 1. The Kier molecular flexibility index (Phi) is 3.03. The molecular weight excluding hydrogens is 230 g/mol. The first-order valence-electron chi connectivity index (χ1n) is 4.91. The molecule has 5 heteroatoms. The number of ether oxygens (including phenoxy) is 2. The largest absolute Gasteiger partial charge is 0.454 e. The van der Waals surface area contributed by atoms with E-state index in [0.29, 0.717) is 22.1 Å². The monoisotopic (exact) mass is 241 g/mol. The molecule has 0 atom stereocenters. The Morgan fingerprint density at radius 3 is 3.00 bits per heavy atom. The Morgan fingerprint density at radius 2 is 2.31 bits per heavy atom. The molecule has 0 aliphatic carbocycles. The molecule has 0 aromatic heterocycles. The lowest BCUT2D eigenvalue weighted by atomic mass is 10.0. The van der Waals surface area contributed by atoms with Gasteiger partial charge in [-0.15, -0.1) is 0 Å². The molecule has 0 fully saturated rings. The molecule has 1 aliphatic rings. The Hall–Kier alpha value is -1.26. The van der Waals surface area contributed by atoms with Crippen LogP contribution in [0, 0.1) is 6.92 Å². The zero-order chi connectivity index (χ0) is 11.7. The summed E-state index contributed by atoms with van der Waals surface area (Å²) in [6.07, 6.45) is 0. The third-order valence-electron chi connectivity index (χ3n) is 2.49. The SMILES string of the molecule is CNCC(=O)c1cc2c(c(Cl)c1C)OCO2. The average Bonchev–Trinajstić information content (AvgIpc) is 2.71. The molecule has 1 heterocycles. The van der Waals surface area contributed by atoms with Crippen LogP contribution in [0.4, 0.5) is 0 Å². The van der Waals surface area contributed by atoms with E-state index in [1.807, 2.05) is 0 Å². The van der Waals surface area contributed by atoms with E-state index in [1.54, 1.807) is 20.0 Å². The molecule has 0 radical (unpaired) electrons. The van der Waals surface area contributed by atoms with Crippen LogP contribution in [-0.2, 0) is 0 Å². The molecule has 0 unspecified atom stereocenters. The maximum absolute atomic E-state index is 11.8. The molecule has 1 aromatic rings. The first-order chi connectivity index (χ1) is 7.65. The highest BCUT2D eigenvalue weighted by Crippen LogP contribution is 2.42. The fourth-order valence-electron chi connectivity index (χ4n) is 1.64. The number of halogens is 1. The maximum Gasteiger partial charge on any atom is 0.231 e. The molecule has 86 valence electrons. The second-order valence-corrected chi connectivity index (χ2v) is 3.93. The molecule has 1 aliphatic heterocycles. The molecule has 0 amide bonds. The fraction of sp³-hybridized carbons (Fsp3) is 0.364. The van der Waals surface area contributed by atoms with Gasteiger partial charge in [0.1, 0.15) is 0 Å². The third-order valence-corrected chi connectivity index (χ3v) is 2.94. The Balaban J connectivity index is 2.47. The minimum atomic E-state index is -0.0137. The van der Waals surface area contributed by atoms with Crippen molar-refractivity contribution >= 4 is 17.4 Å². The second-order valence-electron chi connectivity index (χ2n) is 3.55. The van der Waals surface area contributed by atoms with Crippen molar-refractivity contribution in [3.63, 3.8) is 0 Å². The van der Waals surface area contributed by atoms with Crippen molar-refractivity contribution in [1.82, 2.24) is 5.32 Å². The summed E-state index contributed by atoms with van der Waals surface area (Å²) in [5.41, 5.74) is 1.30. The number of rotatable bonds is 3. The number of hydrogen-bond donors (Lipinski definition) is 1. The highest BCUT2D eigenvalue weighted by atomic mass is 35.5. The summed E-state index contributed by atoms with van der Waals surface area (Å²) in [6, 6.07) is 1.68. The van der Waals surface area contributed by atoms with E-state index in [-0.39, 0.29) is 19.1 Å². The summed E-state index contributed by atoms with van der Waals surface area (Å²) in [5, 5.41) is 3.27. The lowest BCUT2D eigenvalue weighted by Gasteiger charge is -2.09. The van der Waals surface area contributed by atoms with Gasteiger partial charge in [-0.1, -0.05) is 11.6 Å². The predicted molar refractivity (Wildman–Crippen MR) is 60.6 cm³/mol. The molecular formula is C11H12ClNO3. The Labute approximate surface area is 98.5 Å². The van der Waals surface area contributed by atoms with Gasteiger partial charge in [0.05, 0.1) is 11.6 Å². The van der Waals surface area contributed by atoms with E-state index < -0.39 is 0 Å². The van der Waals surface area contributed by atoms with Crippen LogP contribution >= 0.6 is 11.6 Å². The van der Waals surface area contributed by atoms with Gasteiger partial charge in [0.25, 0.3) is 0 Å². The highest BCUT2D eigenvalue weighted by molar-refractivity contribution is 6.33. The molecule has 0 saturated carbocycles. The second kappa shape index (κ2) is 4.31. The Bertz CT molecular complexity index is 445. The number of Topliss-reactive ketones (excluding diaryl/α,β-unsaturated/α-hetero) is 1. The van der Waals surface area contributed by atoms with E-state index in [0.717, 1.165) is 5.56 Å². The van der Waals surface area contributed by atoms with E-state index in [1.165, 1.54) is 0 Å². The number of likely N-dealkylation sites (N-methyl/N-ethyl adjacent to an activating group) is 1. The van der Waals surface area contributed by atoms with Crippen LogP contribution in [-0.4, -0.2) is 26.2 Å². The van der Waals surface area contributed by atoms with E-state index in [2.05, 4.69) is 5.32 Å². The number of hydrogen-bond acceptors (Lipinski definition) is 4. The summed E-state index contributed by atoms with van der Waals surface area (Å²) < 4.78 is 10.4. The standard InChI is InChI=1S/C11H12ClNO3/c1-6-7(8(14)4-13-2)3-9-11(10(6)12)16-5-15-9/h3,13H,4-5H2,1-2H3. The summed E-state index contributed by atoms with van der Waals surface area (Å²) in [4.78, 5) is 11.8. The lowest BCUT2D eigenvalue weighted by Crippen LogP contribution is -2.19. The molecule has 1 aromatic carbocycles. The van der Waals surface area contributed by atoms with Gasteiger partial charge in [-0.05, 0) is 25.6 Å². The van der Waals surface area contributed by atoms with Crippen molar-refractivity contribution in [2.75, 3.05) is 20.4 Å². The summed E-state index contributed by atoms with van der Waals surface area (Å²) in [7, 11) is 1.72. The van der Waals surface area contributed by atoms with Crippen molar-refractivity contribution in [1.29, 1.82) is 0 Å². The molecule has 0 saturated heterocycles.